The first-order valence-corrected chi connectivity index (χ1v) is 9.99. The summed E-state index contributed by atoms with van der Waals surface area (Å²) < 4.78 is 7.28. The zero-order valence-corrected chi connectivity index (χ0v) is 17.2. The van der Waals surface area contributed by atoms with Crippen LogP contribution in [0.2, 0.25) is 5.02 Å². The molecule has 0 aliphatic carbocycles. The molecule has 0 atom stereocenters. The summed E-state index contributed by atoms with van der Waals surface area (Å²) in [4.78, 5) is 0. The Bertz CT molecular complexity index is 886. The van der Waals surface area contributed by atoms with Crippen LogP contribution in [0.5, 0.6) is 5.75 Å². The number of nitrogens with two attached hydrogens (primary N) is 1. The Morgan fingerprint density at radius 2 is 1.70 bits per heavy atom. The predicted molar refractivity (Wildman–Crippen MR) is 111 cm³/mol. The summed E-state index contributed by atoms with van der Waals surface area (Å²) in [7, 11) is 0. The van der Waals surface area contributed by atoms with E-state index < -0.39 is 0 Å². The van der Waals surface area contributed by atoms with E-state index in [4.69, 9.17) is 22.2 Å². The van der Waals surface area contributed by atoms with Crippen molar-refractivity contribution in [2.45, 2.75) is 43.7 Å². The van der Waals surface area contributed by atoms with Gasteiger partial charge >= 0.3 is 0 Å². The fourth-order valence-corrected chi connectivity index (χ4v) is 3.39. The lowest BCUT2D eigenvalue weighted by Crippen LogP contribution is -2.16. The summed E-state index contributed by atoms with van der Waals surface area (Å²) in [6, 6.07) is 15.8. The van der Waals surface area contributed by atoms with Gasteiger partial charge < -0.3 is 10.6 Å². The first kappa shape index (κ1) is 19.6. The first-order valence-electron chi connectivity index (χ1n) is 8.63. The molecule has 7 heteroatoms. The Hall–Kier alpha value is -2.18. The SMILES string of the molecule is CC(C)(C)c1ccc(OCc2nnc(SCc3ccc(Cl)cc3)n2N)cc1. The second-order valence-electron chi connectivity index (χ2n) is 7.25. The van der Waals surface area contributed by atoms with Crippen molar-refractivity contribution in [1.82, 2.24) is 14.9 Å². The number of nitrogen functional groups attached to an aromatic ring is 1. The Kier molecular flexibility index (Phi) is 5.97. The summed E-state index contributed by atoms with van der Waals surface area (Å²) in [6.07, 6.45) is 0. The molecule has 0 unspecified atom stereocenters. The van der Waals surface area contributed by atoms with Crippen molar-refractivity contribution in [2.75, 3.05) is 5.84 Å². The maximum atomic E-state index is 6.11. The highest BCUT2D eigenvalue weighted by molar-refractivity contribution is 7.98. The lowest BCUT2D eigenvalue weighted by atomic mass is 9.87. The average molecular weight is 403 g/mol. The zero-order chi connectivity index (χ0) is 19.4. The van der Waals surface area contributed by atoms with E-state index in [2.05, 4.69) is 43.1 Å². The molecule has 0 aliphatic rings. The molecule has 0 saturated carbocycles. The predicted octanol–water partition coefficient (Wildman–Crippen LogP) is 4.81. The minimum Gasteiger partial charge on any atom is -0.486 e. The van der Waals surface area contributed by atoms with Crippen molar-refractivity contribution in [2.24, 2.45) is 0 Å². The molecule has 27 heavy (non-hydrogen) atoms. The summed E-state index contributed by atoms with van der Waals surface area (Å²) in [5.74, 6) is 8.20. The third-order valence-corrected chi connectivity index (χ3v) is 5.37. The molecule has 0 amide bonds. The number of aromatic nitrogens is 3. The van der Waals surface area contributed by atoms with Crippen molar-refractivity contribution in [3.05, 3.63) is 70.5 Å². The van der Waals surface area contributed by atoms with Crippen LogP contribution in [-0.4, -0.2) is 14.9 Å². The minimum absolute atomic E-state index is 0.117. The molecule has 3 rings (SSSR count). The zero-order valence-electron chi connectivity index (χ0n) is 15.6. The fraction of sp³-hybridized carbons (Fsp3) is 0.300. The van der Waals surface area contributed by atoms with Gasteiger partial charge in [-0.25, -0.2) is 4.68 Å². The molecule has 0 fully saturated rings. The lowest BCUT2D eigenvalue weighted by molar-refractivity contribution is 0.291. The summed E-state index contributed by atoms with van der Waals surface area (Å²) >= 11 is 7.43. The molecule has 1 aromatic heterocycles. The molecular formula is C20H23ClN4OS. The van der Waals surface area contributed by atoms with E-state index in [1.807, 2.05) is 36.4 Å². The Morgan fingerprint density at radius 1 is 1.04 bits per heavy atom. The third-order valence-electron chi connectivity index (χ3n) is 4.10. The van der Waals surface area contributed by atoms with E-state index in [-0.39, 0.29) is 12.0 Å². The van der Waals surface area contributed by atoms with E-state index in [1.165, 1.54) is 22.0 Å². The van der Waals surface area contributed by atoms with Crippen LogP contribution in [0.25, 0.3) is 0 Å². The van der Waals surface area contributed by atoms with Gasteiger partial charge in [0.1, 0.15) is 12.4 Å². The highest BCUT2D eigenvalue weighted by Gasteiger charge is 2.14. The number of benzene rings is 2. The van der Waals surface area contributed by atoms with Crippen LogP contribution in [0.4, 0.5) is 0 Å². The Labute approximate surface area is 168 Å². The number of thioether (sulfide) groups is 1. The van der Waals surface area contributed by atoms with Crippen LogP contribution in [-0.2, 0) is 17.8 Å². The second-order valence-corrected chi connectivity index (χ2v) is 8.63. The quantitative estimate of drug-likeness (QED) is 0.473. The fourth-order valence-electron chi connectivity index (χ4n) is 2.43. The van der Waals surface area contributed by atoms with Gasteiger partial charge in [0.05, 0.1) is 0 Å². The number of hydrogen-bond donors (Lipinski definition) is 1. The van der Waals surface area contributed by atoms with Crippen LogP contribution in [0, 0.1) is 0 Å². The summed E-state index contributed by atoms with van der Waals surface area (Å²) in [6.45, 7) is 6.81. The van der Waals surface area contributed by atoms with Gasteiger partial charge in [-0.3, -0.25) is 0 Å². The lowest BCUT2D eigenvalue weighted by Gasteiger charge is -2.19. The number of halogens is 1. The van der Waals surface area contributed by atoms with Crippen molar-refractivity contribution in [1.29, 1.82) is 0 Å². The smallest absolute Gasteiger partial charge is 0.210 e. The third kappa shape index (κ3) is 5.17. The van der Waals surface area contributed by atoms with Crippen LogP contribution in [0.15, 0.2) is 53.7 Å². The molecule has 0 aliphatic heterocycles. The monoisotopic (exact) mass is 402 g/mol. The largest absolute Gasteiger partial charge is 0.486 e. The molecule has 142 valence electrons. The molecule has 0 radical (unpaired) electrons. The van der Waals surface area contributed by atoms with Crippen molar-refractivity contribution in [3.8, 4) is 5.75 Å². The van der Waals surface area contributed by atoms with Crippen LogP contribution in [0.1, 0.15) is 37.7 Å². The van der Waals surface area contributed by atoms with E-state index in [9.17, 15) is 0 Å². The highest BCUT2D eigenvalue weighted by atomic mass is 35.5. The van der Waals surface area contributed by atoms with Gasteiger partial charge in [0, 0.05) is 10.8 Å². The van der Waals surface area contributed by atoms with Gasteiger partial charge in [-0.05, 0) is 40.8 Å². The normalized spacial score (nSPS) is 11.6. The second kappa shape index (κ2) is 8.23. The summed E-state index contributed by atoms with van der Waals surface area (Å²) in [5.41, 5.74) is 2.52. The molecular weight excluding hydrogens is 380 g/mol. The van der Waals surface area contributed by atoms with E-state index in [0.29, 0.717) is 11.0 Å². The standard InChI is InChI=1S/C20H23ClN4OS/c1-20(2,3)15-6-10-17(11-7-15)26-12-18-23-24-19(25(18)22)27-13-14-4-8-16(21)9-5-14/h4-11H,12-13,22H2,1-3H3. The van der Waals surface area contributed by atoms with Crippen LogP contribution in [0.3, 0.4) is 0 Å². The molecule has 2 N–H and O–H groups in total. The number of nitrogens with zero attached hydrogens (tertiary/aromatic N) is 3. The highest BCUT2D eigenvalue weighted by Crippen LogP contribution is 2.25. The van der Waals surface area contributed by atoms with Gasteiger partial charge in [0.2, 0.25) is 5.16 Å². The number of rotatable bonds is 6. The van der Waals surface area contributed by atoms with Gasteiger partial charge in [-0.15, -0.1) is 10.2 Å². The van der Waals surface area contributed by atoms with Gasteiger partial charge in [-0.1, -0.05) is 68.4 Å². The van der Waals surface area contributed by atoms with E-state index in [0.717, 1.165) is 22.1 Å². The topological polar surface area (TPSA) is 66.0 Å². The van der Waals surface area contributed by atoms with Crippen LogP contribution < -0.4 is 10.6 Å². The molecule has 2 aromatic carbocycles. The Morgan fingerprint density at radius 3 is 2.33 bits per heavy atom. The van der Waals surface area contributed by atoms with Gasteiger partial charge in [0.15, 0.2) is 5.82 Å². The molecule has 0 bridgehead atoms. The molecule has 1 heterocycles. The number of hydrogen-bond acceptors (Lipinski definition) is 5. The molecule has 0 spiro atoms. The first-order chi connectivity index (χ1) is 12.8. The maximum Gasteiger partial charge on any atom is 0.210 e. The van der Waals surface area contributed by atoms with E-state index in [1.54, 1.807) is 0 Å². The summed E-state index contributed by atoms with van der Waals surface area (Å²) in [5, 5.41) is 9.65. The molecule has 0 saturated heterocycles. The van der Waals surface area contributed by atoms with Crippen molar-refractivity contribution >= 4 is 23.4 Å². The molecule has 5 nitrogen and oxygen atoms in total. The van der Waals surface area contributed by atoms with E-state index >= 15 is 0 Å². The number of ether oxygens (including phenoxy) is 1. The van der Waals surface area contributed by atoms with Gasteiger partial charge in [-0.2, -0.15) is 0 Å². The molecule has 3 aromatic rings. The maximum absolute atomic E-state index is 6.11. The average Bonchev–Trinajstić information content (AvgIpc) is 2.99. The van der Waals surface area contributed by atoms with Crippen LogP contribution >= 0.6 is 23.4 Å². The minimum atomic E-state index is 0.117. The Balaban J connectivity index is 1.57. The van der Waals surface area contributed by atoms with Crippen molar-refractivity contribution < 1.29 is 4.74 Å². The van der Waals surface area contributed by atoms with Crippen molar-refractivity contribution in [3.63, 3.8) is 0 Å². The van der Waals surface area contributed by atoms with Gasteiger partial charge in [0.25, 0.3) is 0 Å².